The number of rotatable bonds is 4. The number of ether oxygens (including phenoxy) is 1. The molecule has 0 saturated heterocycles. The van der Waals surface area contributed by atoms with Gasteiger partial charge in [-0.05, 0) is 39.3 Å². The van der Waals surface area contributed by atoms with Crippen molar-refractivity contribution < 1.29 is 14.3 Å². The van der Waals surface area contributed by atoms with Gasteiger partial charge in [0.2, 0.25) is 0 Å². The fourth-order valence-electron chi connectivity index (χ4n) is 1.61. The van der Waals surface area contributed by atoms with Crippen LogP contribution in [-0.2, 0) is 9.53 Å². The molecular weight excluding hydrogens is 216 g/mol. The fraction of sp³-hybridized carbons (Fsp3) is 0.429. The summed E-state index contributed by atoms with van der Waals surface area (Å²) in [4.78, 5) is 23.6. The van der Waals surface area contributed by atoms with Gasteiger partial charge in [0.1, 0.15) is 5.92 Å². The fourth-order valence-corrected chi connectivity index (χ4v) is 1.61. The quantitative estimate of drug-likeness (QED) is 0.457. The zero-order valence-electron chi connectivity index (χ0n) is 10.7. The van der Waals surface area contributed by atoms with Crippen LogP contribution in [0.25, 0.3) is 0 Å². The molecule has 0 aliphatic carbocycles. The minimum absolute atomic E-state index is 0.176. The lowest BCUT2D eigenvalue weighted by Gasteiger charge is -2.11. The molecule has 0 bridgehead atoms. The first-order valence-electron chi connectivity index (χ1n) is 5.75. The molecule has 1 aromatic carbocycles. The van der Waals surface area contributed by atoms with Gasteiger partial charge in [0.25, 0.3) is 0 Å². The highest BCUT2D eigenvalue weighted by Crippen LogP contribution is 2.16. The zero-order valence-corrected chi connectivity index (χ0v) is 10.7. The maximum Gasteiger partial charge on any atom is 0.316 e. The Morgan fingerprint density at radius 1 is 1.29 bits per heavy atom. The predicted octanol–water partition coefficient (Wildman–Crippen LogP) is 2.69. The van der Waals surface area contributed by atoms with Crippen LogP contribution in [0.2, 0.25) is 0 Å². The Bertz CT molecular complexity index is 435. The van der Waals surface area contributed by atoms with E-state index in [1.54, 1.807) is 13.8 Å². The molecule has 0 aromatic heterocycles. The van der Waals surface area contributed by atoms with Crippen LogP contribution in [0.5, 0.6) is 0 Å². The SMILES string of the molecule is CCOC(=O)C(C)C(=O)c1cc(C)ccc1C. The minimum Gasteiger partial charge on any atom is -0.465 e. The van der Waals surface area contributed by atoms with Crippen molar-refractivity contribution in [2.24, 2.45) is 5.92 Å². The summed E-state index contributed by atoms with van der Waals surface area (Å²) < 4.78 is 4.86. The van der Waals surface area contributed by atoms with Crippen LogP contribution in [0.4, 0.5) is 0 Å². The van der Waals surface area contributed by atoms with Crippen molar-refractivity contribution in [3.05, 3.63) is 34.9 Å². The molecule has 0 aliphatic rings. The summed E-state index contributed by atoms with van der Waals surface area (Å²) in [7, 11) is 0. The van der Waals surface area contributed by atoms with E-state index in [2.05, 4.69) is 0 Å². The Balaban J connectivity index is 2.96. The zero-order chi connectivity index (χ0) is 13.0. The number of benzene rings is 1. The summed E-state index contributed by atoms with van der Waals surface area (Å²) in [6, 6.07) is 5.65. The van der Waals surface area contributed by atoms with Crippen LogP contribution in [0.3, 0.4) is 0 Å². The molecule has 1 aromatic rings. The Kier molecular flexibility index (Phi) is 4.44. The molecule has 17 heavy (non-hydrogen) atoms. The number of carbonyl (C=O) groups is 2. The van der Waals surface area contributed by atoms with Crippen LogP contribution in [-0.4, -0.2) is 18.4 Å². The molecule has 0 fully saturated rings. The van der Waals surface area contributed by atoms with Gasteiger partial charge in [-0.3, -0.25) is 9.59 Å². The average molecular weight is 234 g/mol. The maximum absolute atomic E-state index is 12.1. The van der Waals surface area contributed by atoms with Crippen molar-refractivity contribution in [3.8, 4) is 0 Å². The number of esters is 1. The maximum atomic E-state index is 12.1. The van der Waals surface area contributed by atoms with E-state index in [1.807, 2.05) is 32.0 Å². The largest absolute Gasteiger partial charge is 0.465 e. The Morgan fingerprint density at radius 3 is 2.53 bits per heavy atom. The third-order valence-corrected chi connectivity index (χ3v) is 2.69. The van der Waals surface area contributed by atoms with Gasteiger partial charge >= 0.3 is 5.97 Å². The molecule has 3 heteroatoms. The second-order valence-corrected chi connectivity index (χ2v) is 4.16. The number of hydrogen-bond donors (Lipinski definition) is 0. The molecule has 0 heterocycles. The van der Waals surface area contributed by atoms with E-state index < -0.39 is 11.9 Å². The summed E-state index contributed by atoms with van der Waals surface area (Å²) >= 11 is 0. The number of carbonyl (C=O) groups excluding carboxylic acids is 2. The van der Waals surface area contributed by atoms with E-state index in [4.69, 9.17) is 4.74 Å². The highest BCUT2D eigenvalue weighted by atomic mass is 16.5. The first-order valence-corrected chi connectivity index (χ1v) is 5.75. The first-order chi connectivity index (χ1) is 7.97. The van der Waals surface area contributed by atoms with Crippen molar-refractivity contribution >= 4 is 11.8 Å². The van der Waals surface area contributed by atoms with E-state index in [-0.39, 0.29) is 5.78 Å². The molecule has 0 N–H and O–H groups in total. The number of Topliss-reactive ketones (excluding diaryl/α,β-unsaturated/α-hetero) is 1. The second kappa shape index (κ2) is 5.62. The van der Waals surface area contributed by atoms with Crippen LogP contribution in [0, 0.1) is 19.8 Å². The third-order valence-electron chi connectivity index (χ3n) is 2.69. The van der Waals surface area contributed by atoms with E-state index in [9.17, 15) is 9.59 Å². The van der Waals surface area contributed by atoms with Crippen molar-refractivity contribution in [3.63, 3.8) is 0 Å². The molecule has 92 valence electrons. The molecule has 1 unspecified atom stereocenters. The standard InChI is InChI=1S/C14H18O3/c1-5-17-14(16)11(4)13(15)12-8-9(2)6-7-10(12)3/h6-8,11H,5H2,1-4H3. The molecule has 0 radical (unpaired) electrons. The van der Waals surface area contributed by atoms with Gasteiger partial charge in [-0.1, -0.05) is 17.7 Å². The average Bonchev–Trinajstić information content (AvgIpc) is 2.30. The first kappa shape index (κ1) is 13.4. The topological polar surface area (TPSA) is 43.4 Å². The van der Waals surface area contributed by atoms with Gasteiger partial charge in [-0.2, -0.15) is 0 Å². The summed E-state index contributed by atoms with van der Waals surface area (Å²) in [5.41, 5.74) is 2.50. The van der Waals surface area contributed by atoms with Crippen molar-refractivity contribution in [1.82, 2.24) is 0 Å². The highest BCUT2D eigenvalue weighted by Gasteiger charge is 2.24. The van der Waals surface area contributed by atoms with Crippen LogP contribution >= 0.6 is 0 Å². The smallest absolute Gasteiger partial charge is 0.316 e. The summed E-state index contributed by atoms with van der Waals surface area (Å²) in [6.45, 7) is 7.40. The van der Waals surface area contributed by atoms with E-state index in [0.717, 1.165) is 11.1 Å². The van der Waals surface area contributed by atoms with Crippen LogP contribution in [0.1, 0.15) is 35.3 Å². The lowest BCUT2D eigenvalue weighted by Crippen LogP contribution is -2.24. The Morgan fingerprint density at radius 2 is 1.94 bits per heavy atom. The molecule has 0 aliphatic heterocycles. The van der Waals surface area contributed by atoms with Gasteiger partial charge < -0.3 is 4.74 Å². The molecule has 0 amide bonds. The minimum atomic E-state index is -0.740. The van der Waals surface area contributed by atoms with E-state index in [1.165, 1.54) is 0 Å². The lowest BCUT2D eigenvalue weighted by molar-refractivity contribution is -0.145. The summed E-state index contributed by atoms with van der Waals surface area (Å²) in [6.07, 6.45) is 0. The Hall–Kier alpha value is -1.64. The third kappa shape index (κ3) is 3.16. The molecule has 0 saturated carbocycles. The highest BCUT2D eigenvalue weighted by molar-refractivity contribution is 6.09. The number of aryl methyl sites for hydroxylation is 2. The van der Waals surface area contributed by atoms with Crippen molar-refractivity contribution in [2.75, 3.05) is 6.61 Å². The monoisotopic (exact) mass is 234 g/mol. The van der Waals surface area contributed by atoms with E-state index >= 15 is 0 Å². The van der Waals surface area contributed by atoms with Gasteiger partial charge in [-0.25, -0.2) is 0 Å². The number of hydrogen-bond acceptors (Lipinski definition) is 3. The molecule has 1 atom stereocenters. The van der Waals surface area contributed by atoms with Crippen molar-refractivity contribution in [2.45, 2.75) is 27.7 Å². The lowest BCUT2D eigenvalue weighted by atomic mass is 9.94. The summed E-state index contributed by atoms with van der Waals surface area (Å²) in [5, 5.41) is 0. The normalized spacial score (nSPS) is 12.0. The van der Waals surface area contributed by atoms with Gasteiger partial charge in [0, 0.05) is 5.56 Å². The second-order valence-electron chi connectivity index (χ2n) is 4.16. The van der Waals surface area contributed by atoms with Gasteiger partial charge in [0.05, 0.1) is 6.61 Å². The summed E-state index contributed by atoms with van der Waals surface area (Å²) in [5.74, 6) is -1.38. The molecule has 0 spiro atoms. The van der Waals surface area contributed by atoms with Crippen LogP contribution < -0.4 is 0 Å². The van der Waals surface area contributed by atoms with Crippen molar-refractivity contribution in [1.29, 1.82) is 0 Å². The van der Waals surface area contributed by atoms with E-state index in [0.29, 0.717) is 12.2 Å². The predicted molar refractivity (Wildman–Crippen MR) is 66.0 cm³/mol. The molecule has 1 rings (SSSR count). The van der Waals surface area contributed by atoms with Gasteiger partial charge in [-0.15, -0.1) is 0 Å². The van der Waals surface area contributed by atoms with Crippen LogP contribution in [0.15, 0.2) is 18.2 Å². The van der Waals surface area contributed by atoms with Gasteiger partial charge in [0.15, 0.2) is 5.78 Å². The molecule has 3 nitrogen and oxygen atoms in total. The Labute approximate surface area is 102 Å². The molecular formula is C14H18O3. The number of ketones is 1.